The molecule has 3 aromatic rings. The predicted molar refractivity (Wildman–Crippen MR) is 108 cm³/mol. The number of aromatic nitrogens is 3. The van der Waals surface area contributed by atoms with Crippen LogP contribution in [0.5, 0.6) is 11.5 Å². The van der Waals surface area contributed by atoms with Gasteiger partial charge >= 0.3 is 12.0 Å². The topological polar surface area (TPSA) is 101 Å². The van der Waals surface area contributed by atoms with E-state index in [0.29, 0.717) is 44.2 Å². The number of aromatic carboxylic acids is 1. The van der Waals surface area contributed by atoms with Gasteiger partial charge in [0.25, 0.3) is 0 Å². The van der Waals surface area contributed by atoms with Gasteiger partial charge in [0.15, 0.2) is 5.69 Å². The van der Waals surface area contributed by atoms with Crippen LogP contribution in [0.1, 0.15) is 16.1 Å². The maximum atomic E-state index is 13.3. The molecule has 160 valence electrons. The van der Waals surface area contributed by atoms with E-state index in [9.17, 15) is 14.0 Å². The summed E-state index contributed by atoms with van der Waals surface area (Å²) >= 11 is 0. The Morgan fingerprint density at radius 1 is 1.06 bits per heavy atom. The van der Waals surface area contributed by atoms with E-state index in [-0.39, 0.29) is 11.7 Å². The van der Waals surface area contributed by atoms with Crippen molar-refractivity contribution in [2.24, 2.45) is 0 Å². The maximum Gasteiger partial charge on any atom is 0.356 e. The number of hydrogen-bond acceptors (Lipinski definition) is 6. The van der Waals surface area contributed by atoms with Crippen LogP contribution < -0.4 is 4.74 Å². The third kappa shape index (κ3) is 5.04. The standard InChI is InChI=1S/C21H20FN5O4/c22-16-11-18(13-23-12-16)31-17-3-1-2-15(10-17)14-25-6-8-26(9-7-25)21(30)27-5-4-19(24-27)20(28)29/h1-5,10-13H,6-9,14H2,(H,28,29). The largest absolute Gasteiger partial charge is 0.476 e. The molecule has 1 saturated heterocycles. The summed E-state index contributed by atoms with van der Waals surface area (Å²) in [6, 6.07) is 9.76. The summed E-state index contributed by atoms with van der Waals surface area (Å²) in [7, 11) is 0. The van der Waals surface area contributed by atoms with Crippen LogP contribution in [-0.4, -0.2) is 67.9 Å². The molecule has 9 nitrogen and oxygen atoms in total. The molecule has 1 aliphatic rings. The Kier molecular flexibility index (Phi) is 5.89. The number of carboxylic acids is 1. The number of pyridine rings is 1. The molecule has 0 aliphatic carbocycles. The number of nitrogens with zero attached hydrogens (tertiary/aromatic N) is 5. The third-order valence-corrected chi connectivity index (χ3v) is 4.87. The van der Waals surface area contributed by atoms with Crippen LogP contribution in [0.3, 0.4) is 0 Å². The molecule has 0 spiro atoms. The number of carbonyl (C=O) groups excluding carboxylic acids is 1. The van der Waals surface area contributed by atoms with Crippen molar-refractivity contribution in [3.8, 4) is 11.5 Å². The molecule has 0 atom stereocenters. The van der Waals surface area contributed by atoms with E-state index < -0.39 is 11.8 Å². The Morgan fingerprint density at radius 3 is 2.58 bits per heavy atom. The van der Waals surface area contributed by atoms with Crippen LogP contribution in [0.4, 0.5) is 9.18 Å². The van der Waals surface area contributed by atoms with Crippen LogP contribution in [0.25, 0.3) is 0 Å². The van der Waals surface area contributed by atoms with Crippen LogP contribution in [0, 0.1) is 5.82 Å². The minimum atomic E-state index is -1.17. The zero-order valence-corrected chi connectivity index (χ0v) is 16.5. The molecule has 0 radical (unpaired) electrons. The van der Waals surface area contributed by atoms with Gasteiger partial charge in [-0.25, -0.2) is 14.0 Å². The molecule has 0 saturated carbocycles. The van der Waals surface area contributed by atoms with Crippen molar-refractivity contribution >= 4 is 12.0 Å². The molecular formula is C21H20FN5O4. The molecule has 2 aromatic heterocycles. The third-order valence-electron chi connectivity index (χ3n) is 4.87. The van der Waals surface area contributed by atoms with Gasteiger partial charge in [0.2, 0.25) is 0 Å². The fourth-order valence-electron chi connectivity index (χ4n) is 3.34. The molecule has 3 heterocycles. The Morgan fingerprint density at radius 2 is 1.87 bits per heavy atom. The molecule has 1 N–H and O–H groups in total. The first-order chi connectivity index (χ1) is 15.0. The van der Waals surface area contributed by atoms with Crippen molar-refractivity contribution in [3.63, 3.8) is 0 Å². The highest BCUT2D eigenvalue weighted by Crippen LogP contribution is 2.23. The summed E-state index contributed by atoms with van der Waals surface area (Å²) in [6.45, 7) is 3.01. The highest BCUT2D eigenvalue weighted by molar-refractivity contribution is 5.86. The highest BCUT2D eigenvalue weighted by Gasteiger charge is 2.23. The number of amides is 1. The number of carboxylic acid groups (broad SMARTS) is 1. The highest BCUT2D eigenvalue weighted by atomic mass is 19.1. The normalized spacial score (nSPS) is 14.4. The number of carbonyl (C=O) groups is 2. The Hall–Kier alpha value is -3.79. The SMILES string of the molecule is O=C(O)c1ccn(C(=O)N2CCN(Cc3cccc(Oc4cncc(F)c4)c3)CC2)n1. The van der Waals surface area contributed by atoms with Crippen molar-refractivity contribution in [1.82, 2.24) is 24.6 Å². The van der Waals surface area contributed by atoms with E-state index >= 15 is 0 Å². The van der Waals surface area contributed by atoms with E-state index in [1.807, 2.05) is 18.2 Å². The summed E-state index contributed by atoms with van der Waals surface area (Å²) in [5.41, 5.74) is 0.864. The molecule has 4 rings (SSSR count). The molecule has 1 fully saturated rings. The van der Waals surface area contributed by atoms with Crippen molar-refractivity contribution in [2.45, 2.75) is 6.54 Å². The van der Waals surface area contributed by atoms with Gasteiger partial charge in [-0.3, -0.25) is 9.88 Å². The van der Waals surface area contributed by atoms with Gasteiger partial charge in [0.1, 0.15) is 17.3 Å². The van der Waals surface area contributed by atoms with Crippen molar-refractivity contribution in [1.29, 1.82) is 0 Å². The van der Waals surface area contributed by atoms with E-state index in [1.165, 1.54) is 24.5 Å². The molecule has 1 amide bonds. The second kappa shape index (κ2) is 8.92. The zero-order valence-electron chi connectivity index (χ0n) is 16.5. The average Bonchev–Trinajstić information content (AvgIpc) is 3.25. The first-order valence-electron chi connectivity index (χ1n) is 9.66. The molecule has 31 heavy (non-hydrogen) atoms. The molecule has 0 bridgehead atoms. The second-order valence-corrected chi connectivity index (χ2v) is 7.08. The van der Waals surface area contributed by atoms with E-state index in [0.717, 1.165) is 16.4 Å². The van der Waals surface area contributed by atoms with Gasteiger partial charge in [0.05, 0.1) is 12.4 Å². The van der Waals surface area contributed by atoms with Gasteiger partial charge in [-0.15, -0.1) is 0 Å². The molecule has 10 heteroatoms. The van der Waals surface area contributed by atoms with E-state index in [4.69, 9.17) is 9.84 Å². The molecular weight excluding hydrogens is 405 g/mol. The lowest BCUT2D eigenvalue weighted by Crippen LogP contribution is -2.49. The summed E-state index contributed by atoms with van der Waals surface area (Å²) in [5.74, 6) is -0.716. The summed E-state index contributed by atoms with van der Waals surface area (Å²) in [4.78, 5) is 31.1. The molecule has 1 aliphatic heterocycles. The monoisotopic (exact) mass is 425 g/mol. The Balaban J connectivity index is 1.32. The Bertz CT molecular complexity index is 1090. The fourth-order valence-corrected chi connectivity index (χ4v) is 3.34. The van der Waals surface area contributed by atoms with Crippen LogP contribution in [0.15, 0.2) is 55.0 Å². The summed E-state index contributed by atoms with van der Waals surface area (Å²) < 4.78 is 20.0. The van der Waals surface area contributed by atoms with E-state index in [1.54, 1.807) is 11.0 Å². The lowest BCUT2D eigenvalue weighted by Gasteiger charge is -2.34. The lowest BCUT2D eigenvalue weighted by atomic mass is 10.2. The number of halogens is 1. The van der Waals surface area contributed by atoms with Gasteiger partial charge < -0.3 is 14.7 Å². The predicted octanol–water partition coefficient (Wildman–Crippen LogP) is 2.69. The number of benzene rings is 1. The quantitative estimate of drug-likeness (QED) is 0.671. The van der Waals surface area contributed by atoms with Gasteiger partial charge in [-0.05, 0) is 23.8 Å². The van der Waals surface area contributed by atoms with Gasteiger partial charge in [0, 0.05) is 45.0 Å². The van der Waals surface area contributed by atoms with Crippen LogP contribution >= 0.6 is 0 Å². The molecule has 1 aromatic carbocycles. The first-order valence-corrected chi connectivity index (χ1v) is 9.66. The van der Waals surface area contributed by atoms with Gasteiger partial charge in [-0.1, -0.05) is 12.1 Å². The first kappa shape index (κ1) is 20.5. The number of ether oxygens (including phenoxy) is 1. The zero-order chi connectivity index (χ0) is 21.8. The number of piperazine rings is 1. The summed E-state index contributed by atoms with van der Waals surface area (Å²) in [6.07, 6.45) is 3.92. The maximum absolute atomic E-state index is 13.3. The van der Waals surface area contributed by atoms with Crippen LogP contribution in [-0.2, 0) is 6.54 Å². The van der Waals surface area contributed by atoms with Crippen molar-refractivity contribution in [3.05, 3.63) is 72.1 Å². The minimum Gasteiger partial charge on any atom is -0.476 e. The second-order valence-electron chi connectivity index (χ2n) is 7.08. The van der Waals surface area contributed by atoms with E-state index in [2.05, 4.69) is 15.0 Å². The van der Waals surface area contributed by atoms with Crippen LogP contribution in [0.2, 0.25) is 0 Å². The van der Waals surface area contributed by atoms with Crippen molar-refractivity contribution in [2.75, 3.05) is 26.2 Å². The fraction of sp³-hybridized carbons (Fsp3) is 0.238. The summed E-state index contributed by atoms with van der Waals surface area (Å²) in [5, 5.41) is 12.7. The van der Waals surface area contributed by atoms with Gasteiger partial charge in [-0.2, -0.15) is 9.78 Å². The number of rotatable bonds is 5. The number of hydrogen-bond donors (Lipinski definition) is 1. The lowest BCUT2D eigenvalue weighted by molar-refractivity contribution is 0.0689. The molecule has 0 unspecified atom stereocenters. The van der Waals surface area contributed by atoms with Crippen molar-refractivity contribution < 1.29 is 23.8 Å². The Labute approximate surface area is 177 Å². The average molecular weight is 425 g/mol. The minimum absolute atomic E-state index is 0.164. The smallest absolute Gasteiger partial charge is 0.356 e.